The highest BCUT2D eigenvalue weighted by Crippen LogP contribution is 2.23. The molecule has 2 aromatic carbocycles. The minimum Gasteiger partial charge on any atom is -0.381 e. The molecule has 0 aliphatic rings. The minimum atomic E-state index is -0.190. The van der Waals surface area contributed by atoms with Crippen LogP contribution in [0.25, 0.3) is 0 Å². The molecule has 0 amide bonds. The standard InChI is InChI=1S/C17H21FN2/c1-12-5-7-15(18)9-14(12)11-19-16-8-6-13(2)17(10-16)20(3)4/h5-10,19H,11H2,1-4H3. The van der Waals surface area contributed by atoms with Crippen molar-refractivity contribution in [3.05, 3.63) is 58.9 Å². The SMILES string of the molecule is Cc1ccc(F)cc1CNc1ccc(C)c(N(C)C)c1. The second-order valence-electron chi connectivity index (χ2n) is 5.32. The lowest BCUT2D eigenvalue weighted by molar-refractivity contribution is 0.625. The molecule has 0 saturated heterocycles. The minimum absolute atomic E-state index is 0.190. The van der Waals surface area contributed by atoms with Crippen molar-refractivity contribution >= 4 is 11.4 Å². The van der Waals surface area contributed by atoms with E-state index < -0.39 is 0 Å². The van der Waals surface area contributed by atoms with Crippen molar-refractivity contribution < 1.29 is 4.39 Å². The summed E-state index contributed by atoms with van der Waals surface area (Å²) in [6.45, 7) is 4.71. The van der Waals surface area contributed by atoms with Crippen LogP contribution >= 0.6 is 0 Å². The van der Waals surface area contributed by atoms with Crippen molar-refractivity contribution in [3.63, 3.8) is 0 Å². The summed E-state index contributed by atoms with van der Waals surface area (Å²) < 4.78 is 13.3. The molecule has 20 heavy (non-hydrogen) atoms. The molecule has 0 fully saturated rings. The Morgan fingerprint density at radius 2 is 1.70 bits per heavy atom. The zero-order valence-corrected chi connectivity index (χ0v) is 12.5. The quantitative estimate of drug-likeness (QED) is 0.900. The van der Waals surface area contributed by atoms with Gasteiger partial charge >= 0.3 is 0 Å². The van der Waals surface area contributed by atoms with E-state index >= 15 is 0 Å². The van der Waals surface area contributed by atoms with Crippen LogP contribution in [0.4, 0.5) is 15.8 Å². The highest BCUT2D eigenvalue weighted by molar-refractivity contribution is 5.62. The third-order valence-electron chi connectivity index (χ3n) is 3.49. The Morgan fingerprint density at radius 3 is 2.40 bits per heavy atom. The summed E-state index contributed by atoms with van der Waals surface area (Å²) in [4.78, 5) is 2.09. The molecule has 2 rings (SSSR count). The Kier molecular flexibility index (Phi) is 4.28. The highest BCUT2D eigenvalue weighted by atomic mass is 19.1. The molecule has 0 aromatic heterocycles. The molecule has 0 aliphatic carbocycles. The second-order valence-corrected chi connectivity index (χ2v) is 5.32. The van der Waals surface area contributed by atoms with Gasteiger partial charge in [0.25, 0.3) is 0 Å². The van der Waals surface area contributed by atoms with Gasteiger partial charge in [-0.25, -0.2) is 4.39 Å². The summed E-state index contributed by atoms with van der Waals surface area (Å²) in [5.41, 5.74) is 5.55. The number of benzene rings is 2. The molecule has 0 saturated carbocycles. The molecular weight excluding hydrogens is 251 g/mol. The third-order valence-corrected chi connectivity index (χ3v) is 3.49. The predicted molar refractivity (Wildman–Crippen MR) is 84.0 cm³/mol. The van der Waals surface area contributed by atoms with Gasteiger partial charge in [0.1, 0.15) is 5.82 Å². The van der Waals surface area contributed by atoms with E-state index in [4.69, 9.17) is 0 Å². The van der Waals surface area contributed by atoms with Gasteiger partial charge in [-0.05, 0) is 54.8 Å². The number of aryl methyl sites for hydroxylation is 2. The van der Waals surface area contributed by atoms with Gasteiger partial charge in [0.15, 0.2) is 0 Å². The van der Waals surface area contributed by atoms with Gasteiger partial charge in [-0.3, -0.25) is 0 Å². The predicted octanol–water partition coefficient (Wildman–Crippen LogP) is 4.12. The Balaban J connectivity index is 2.15. The van der Waals surface area contributed by atoms with Crippen LogP contribution in [0.5, 0.6) is 0 Å². The maximum Gasteiger partial charge on any atom is 0.123 e. The van der Waals surface area contributed by atoms with E-state index in [2.05, 4.69) is 35.3 Å². The van der Waals surface area contributed by atoms with Crippen LogP contribution in [0.15, 0.2) is 36.4 Å². The van der Waals surface area contributed by atoms with Gasteiger partial charge in [-0.2, -0.15) is 0 Å². The van der Waals surface area contributed by atoms with E-state index in [1.54, 1.807) is 6.07 Å². The Morgan fingerprint density at radius 1 is 1.00 bits per heavy atom. The molecule has 3 heteroatoms. The molecule has 2 aromatic rings. The molecule has 0 aliphatic heterocycles. The zero-order chi connectivity index (χ0) is 14.7. The Labute approximate surface area is 120 Å². The fourth-order valence-electron chi connectivity index (χ4n) is 2.23. The van der Waals surface area contributed by atoms with E-state index in [9.17, 15) is 4.39 Å². The van der Waals surface area contributed by atoms with Gasteiger partial charge in [-0.1, -0.05) is 12.1 Å². The van der Waals surface area contributed by atoms with Crippen molar-refractivity contribution in [2.45, 2.75) is 20.4 Å². The van der Waals surface area contributed by atoms with Crippen molar-refractivity contribution in [3.8, 4) is 0 Å². The van der Waals surface area contributed by atoms with Crippen LogP contribution in [0.3, 0.4) is 0 Å². The van der Waals surface area contributed by atoms with Crippen LogP contribution < -0.4 is 10.2 Å². The number of nitrogens with zero attached hydrogens (tertiary/aromatic N) is 1. The first-order valence-corrected chi connectivity index (χ1v) is 6.74. The second kappa shape index (κ2) is 5.95. The average Bonchev–Trinajstić information content (AvgIpc) is 2.41. The Hall–Kier alpha value is -2.03. The Bertz CT molecular complexity index is 606. The summed E-state index contributed by atoms with van der Waals surface area (Å²) in [7, 11) is 4.06. The number of anilines is 2. The lowest BCUT2D eigenvalue weighted by Crippen LogP contribution is -2.11. The van der Waals surface area contributed by atoms with Crippen LogP contribution in [-0.4, -0.2) is 14.1 Å². The molecule has 0 radical (unpaired) electrons. The molecule has 0 atom stereocenters. The number of hydrogen-bond acceptors (Lipinski definition) is 2. The summed E-state index contributed by atoms with van der Waals surface area (Å²) in [5.74, 6) is -0.190. The summed E-state index contributed by atoms with van der Waals surface area (Å²) in [5, 5.41) is 3.36. The summed E-state index contributed by atoms with van der Waals surface area (Å²) in [6, 6.07) is 11.2. The van der Waals surface area contributed by atoms with Crippen LogP contribution in [0.1, 0.15) is 16.7 Å². The first-order valence-electron chi connectivity index (χ1n) is 6.74. The number of hydrogen-bond donors (Lipinski definition) is 1. The lowest BCUT2D eigenvalue weighted by atomic mass is 10.1. The number of nitrogens with one attached hydrogen (secondary N) is 1. The first-order chi connectivity index (χ1) is 9.47. The normalized spacial score (nSPS) is 10.4. The average molecular weight is 272 g/mol. The molecule has 2 nitrogen and oxygen atoms in total. The van der Waals surface area contributed by atoms with Gasteiger partial charge in [0.05, 0.1) is 0 Å². The molecule has 1 N–H and O–H groups in total. The van der Waals surface area contributed by atoms with Crippen LogP contribution in [0.2, 0.25) is 0 Å². The van der Waals surface area contributed by atoms with Crippen molar-refractivity contribution in [1.29, 1.82) is 0 Å². The van der Waals surface area contributed by atoms with Crippen LogP contribution in [0, 0.1) is 19.7 Å². The van der Waals surface area contributed by atoms with E-state index in [1.165, 1.54) is 17.3 Å². The first kappa shape index (κ1) is 14.4. The van der Waals surface area contributed by atoms with Crippen molar-refractivity contribution in [2.75, 3.05) is 24.3 Å². The number of rotatable bonds is 4. The largest absolute Gasteiger partial charge is 0.381 e. The van der Waals surface area contributed by atoms with Crippen molar-refractivity contribution in [2.24, 2.45) is 0 Å². The third kappa shape index (κ3) is 3.29. The van der Waals surface area contributed by atoms with E-state index in [0.29, 0.717) is 6.54 Å². The molecule has 0 spiro atoms. The van der Waals surface area contributed by atoms with Crippen LogP contribution in [-0.2, 0) is 6.54 Å². The maximum atomic E-state index is 13.3. The van der Waals surface area contributed by atoms with Crippen molar-refractivity contribution in [1.82, 2.24) is 0 Å². The molecular formula is C17H21FN2. The molecule has 0 unspecified atom stereocenters. The number of halogens is 1. The fourth-order valence-corrected chi connectivity index (χ4v) is 2.23. The van der Waals surface area contributed by atoms with E-state index in [0.717, 1.165) is 16.8 Å². The van der Waals surface area contributed by atoms with Gasteiger partial charge in [0, 0.05) is 32.0 Å². The lowest BCUT2D eigenvalue weighted by Gasteiger charge is -2.17. The topological polar surface area (TPSA) is 15.3 Å². The van der Waals surface area contributed by atoms with Gasteiger partial charge in [-0.15, -0.1) is 0 Å². The van der Waals surface area contributed by atoms with E-state index in [-0.39, 0.29) is 5.82 Å². The molecule has 0 heterocycles. The smallest absolute Gasteiger partial charge is 0.123 e. The molecule has 0 bridgehead atoms. The molecule has 106 valence electrons. The maximum absolute atomic E-state index is 13.3. The van der Waals surface area contributed by atoms with E-state index in [1.807, 2.05) is 27.1 Å². The fraction of sp³-hybridized carbons (Fsp3) is 0.294. The van der Waals surface area contributed by atoms with Gasteiger partial charge < -0.3 is 10.2 Å². The summed E-state index contributed by atoms with van der Waals surface area (Å²) >= 11 is 0. The zero-order valence-electron chi connectivity index (χ0n) is 12.5. The monoisotopic (exact) mass is 272 g/mol. The van der Waals surface area contributed by atoms with Gasteiger partial charge in [0.2, 0.25) is 0 Å². The highest BCUT2D eigenvalue weighted by Gasteiger charge is 2.04. The summed E-state index contributed by atoms with van der Waals surface area (Å²) in [6.07, 6.45) is 0.